The fraction of sp³-hybridized carbons (Fsp3) is 0.438. The van der Waals surface area contributed by atoms with Crippen LogP contribution < -0.4 is 5.32 Å². The molecule has 1 heterocycles. The second kappa shape index (κ2) is 5.12. The van der Waals surface area contributed by atoms with Gasteiger partial charge in [-0.3, -0.25) is 4.98 Å². The van der Waals surface area contributed by atoms with E-state index in [0.29, 0.717) is 0 Å². The zero-order valence-corrected chi connectivity index (χ0v) is 13.1. The van der Waals surface area contributed by atoms with Gasteiger partial charge in [-0.25, -0.2) is 0 Å². The fourth-order valence-electron chi connectivity index (χ4n) is 3.11. The number of aromatic nitrogens is 1. The summed E-state index contributed by atoms with van der Waals surface area (Å²) in [5, 5.41) is 4.71. The predicted octanol–water partition coefficient (Wildman–Crippen LogP) is 4.62. The standard InChI is InChI=1S/C16H19BrN2/c1-10-8-9-12(17)16-14(10)15(18-2)11-6-4-3-5-7-13(11)19-16/h8-9H,3-7H2,1-2H3,(H,18,19). The lowest BCUT2D eigenvalue weighted by molar-refractivity contribution is 0.709. The Hall–Kier alpha value is -1.09. The lowest BCUT2D eigenvalue weighted by Crippen LogP contribution is -2.04. The molecule has 1 aliphatic carbocycles. The summed E-state index contributed by atoms with van der Waals surface area (Å²) < 4.78 is 1.09. The molecule has 1 aliphatic rings. The summed E-state index contributed by atoms with van der Waals surface area (Å²) in [6, 6.07) is 4.27. The molecule has 0 radical (unpaired) electrons. The molecule has 0 spiro atoms. The average Bonchev–Trinajstić information content (AvgIpc) is 2.66. The molecule has 0 saturated carbocycles. The van der Waals surface area contributed by atoms with E-state index in [0.717, 1.165) is 22.8 Å². The van der Waals surface area contributed by atoms with Gasteiger partial charge in [-0.15, -0.1) is 0 Å². The molecule has 1 aromatic carbocycles. The van der Waals surface area contributed by atoms with E-state index >= 15 is 0 Å². The van der Waals surface area contributed by atoms with Crippen molar-refractivity contribution >= 4 is 32.5 Å². The highest BCUT2D eigenvalue weighted by Crippen LogP contribution is 2.36. The number of aryl methyl sites for hydroxylation is 2. The minimum Gasteiger partial charge on any atom is -0.387 e. The molecule has 1 N–H and O–H groups in total. The van der Waals surface area contributed by atoms with E-state index in [-0.39, 0.29) is 0 Å². The van der Waals surface area contributed by atoms with Crippen molar-refractivity contribution in [1.82, 2.24) is 4.98 Å². The van der Waals surface area contributed by atoms with E-state index in [9.17, 15) is 0 Å². The van der Waals surface area contributed by atoms with Crippen molar-refractivity contribution in [2.75, 3.05) is 12.4 Å². The third-order valence-corrected chi connectivity index (χ3v) is 4.71. The highest BCUT2D eigenvalue weighted by Gasteiger charge is 2.18. The van der Waals surface area contributed by atoms with Crippen molar-refractivity contribution in [1.29, 1.82) is 0 Å². The smallest absolute Gasteiger partial charge is 0.0870 e. The van der Waals surface area contributed by atoms with Crippen LogP contribution in [0.3, 0.4) is 0 Å². The average molecular weight is 319 g/mol. The Morgan fingerprint density at radius 2 is 1.95 bits per heavy atom. The molecule has 0 amide bonds. The maximum absolute atomic E-state index is 4.96. The van der Waals surface area contributed by atoms with Gasteiger partial charge in [-0.05, 0) is 65.7 Å². The van der Waals surface area contributed by atoms with E-state index in [4.69, 9.17) is 4.98 Å². The summed E-state index contributed by atoms with van der Waals surface area (Å²) in [5.74, 6) is 0. The number of hydrogen-bond acceptors (Lipinski definition) is 2. The van der Waals surface area contributed by atoms with Gasteiger partial charge in [0.25, 0.3) is 0 Å². The van der Waals surface area contributed by atoms with Gasteiger partial charge in [0, 0.05) is 28.3 Å². The van der Waals surface area contributed by atoms with Crippen LogP contribution in [0.4, 0.5) is 5.69 Å². The minimum absolute atomic E-state index is 1.09. The van der Waals surface area contributed by atoms with Crippen LogP contribution in [-0.4, -0.2) is 12.0 Å². The molecular formula is C16H19BrN2. The van der Waals surface area contributed by atoms with Crippen LogP contribution in [0.5, 0.6) is 0 Å². The second-order valence-electron chi connectivity index (χ2n) is 5.31. The fourth-order valence-corrected chi connectivity index (χ4v) is 3.53. The normalized spacial score (nSPS) is 15.1. The largest absolute Gasteiger partial charge is 0.387 e. The Labute approximate surface area is 122 Å². The third-order valence-electron chi connectivity index (χ3n) is 4.07. The minimum atomic E-state index is 1.09. The van der Waals surface area contributed by atoms with Gasteiger partial charge in [-0.1, -0.05) is 12.5 Å². The van der Waals surface area contributed by atoms with Crippen LogP contribution in [0.15, 0.2) is 16.6 Å². The predicted molar refractivity (Wildman–Crippen MR) is 85.0 cm³/mol. The van der Waals surface area contributed by atoms with Crippen LogP contribution in [0.2, 0.25) is 0 Å². The summed E-state index contributed by atoms with van der Waals surface area (Å²) in [5.41, 5.74) is 6.42. The van der Waals surface area contributed by atoms with E-state index in [1.54, 1.807) is 0 Å². The topological polar surface area (TPSA) is 24.9 Å². The van der Waals surface area contributed by atoms with Gasteiger partial charge >= 0.3 is 0 Å². The van der Waals surface area contributed by atoms with Gasteiger partial charge < -0.3 is 5.32 Å². The highest BCUT2D eigenvalue weighted by molar-refractivity contribution is 9.10. The van der Waals surface area contributed by atoms with Crippen LogP contribution in [0.1, 0.15) is 36.1 Å². The first-order valence-electron chi connectivity index (χ1n) is 7.00. The van der Waals surface area contributed by atoms with Crippen molar-refractivity contribution in [2.45, 2.75) is 39.0 Å². The first-order chi connectivity index (χ1) is 9.22. The summed E-state index contributed by atoms with van der Waals surface area (Å²) in [6.07, 6.45) is 6.12. The summed E-state index contributed by atoms with van der Waals surface area (Å²) in [6.45, 7) is 2.17. The van der Waals surface area contributed by atoms with Crippen LogP contribution in [0.25, 0.3) is 10.9 Å². The number of pyridine rings is 1. The first-order valence-corrected chi connectivity index (χ1v) is 7.80. The quantitative estimate of drug-likeness (QED) is 0.776. The number of benzene rings is 1. The van der Waals surface area contributed by atoms with E-state index in [1.165, 1.54) is 47.2 Å². The molecule has 2 aromatic rings. The van der Waals surface area contributed by atoms with Crippen molar-refractivity contribution in [3.05, 3.63) is 33.4 Å². The molecule has 3 heteroatoms. The number of rotatable bonds is 1. The van der Waals surface area contributed by atoms with E-state index in [1.807, 2.05) is 7.05 Å². The summed E-state index contributed by atoms with van der Waals surface area (Å²) in [4.78, 5) is 4.96. The Bertz CT molecular complexity index is 634. The van der Waals surface area contributed by atoms with Crippen molar-refractivity contribution in [3.8, 4) is 0 Å². The van der Waals surface area contributed by atoms with E-state index < -0.39 is 0 Å². The molecule has 0 fully saturated rings. The van der Waals surface area contributed by atoms with Gasteiger partial charge in [0.15, 0.2) is 0 Å². The molecule has 0 unspecified atom stereocenters. The number of nitrogens with one attached hydrogen (secondary N) is 1. The van der Waals surface area contributed by atoms with Gasteiger partial charge in [-0.2, -0.15) is 0 Å². The van der Waals surface area contributed by atoms with Gasteiger partial charge in [0.05, 0.1) is 5.52 Å². The molecular weight excluding hydrogens is 300 g/mol. The van der Waals surface area contributed by atoms with E-state index in [2.05, 4.69) is 40.3 Å². The van der Waals surface area contributed by atoms with Crippen molar-refractivity contribution in [2.24, 2.45) is 0 Å². The molecule has 0 aliphatic heterocycles. The summed E-state index contributed by atoms with van der Waals surface area (Å²) >= 11 is 3.65. The zero-order chi connectivity index (χ0) is 13.4. The number of fused-ring (bicyclic) bond motifs is 2. The maximum atomic E-state index is 4.96. The zero-order valence-electron chi connectivity index (χ0n) is 11.5. The number of hydrogen-bond donors (Lipinski definition) is 1. The second-order valence-corrected chi connectivity index (χ2v) is 6.16. The Morgan fingerprint density at radius 1 is 1.16 bits per heavy atom. The summed E-state index contributed by atoms with van der Waals surface area (Å²) in [7, 11) is 2.03. The SMILES string of the molecule is CNc1c2c(nc3c(Br)ccc(C)c13)CCCCC2. The Balaban J connectivity index is 2.39. The van der Waals surface area contributed by atoms with Crippen molar-refractivity contribution in [3.63, 3.8) is 0 Å². The third kappa shape index (κ3) is 2.14. The van der Waals surface area contributed by atoms with Crippen molar-refractivity contribution < 1.29 is 0 Å². The molecule has 3 rings (SSSR count). The number of nitrogens with zero attached hydrogens (tertiary/aromatic N) is 1. The highest BCUT2D eigenvalue weighted by atomic mass is 79.9. The monoisotopic (exact) mass is 318 g/mol. The first kappa shape index (κ1) is 12.9. The molecule has 0 bridgehead atoms. The molecule has 100 valence electrons. The van der Waals surface area contributed by atoms with Crippen LogP contribution in [0, 0.1) is 6.92 Å². The number of halogens is 1. The molecule has 19 heavy (non-hydrogen) atoms. The lowest BCUT2D eigenvalue weighted by Gasteiger charge is -2.17. The molecule has 1 aromatic heterocycles. The van der Waals surface area contributed by atoms with Crippen LogP contribution in [-0.2, 0) is 12.8 Å². The lowest BCUT2D eigenvalue weighted by atomic mass is 9.99. The van der Waals surface area contributed by atoms with Crippen LogP contribution >= 0.6 is 15.9 Å². The number of anilines is 1. The molecule has 0 saturated heterocycles. The van der Waals surface area contributed by atoms with Gasteiger partial charge in [0.2, 0.25) is 0 Å². The maximum Gasteiger partial charge on any atom is 0.0870 e. The molecule has 2 nitrogen and oxygen atoms in total. The Morgan fingerprint density at radius 3 is 2.74 bits per heavy atom. The van der Waals surface area contributed by atoms with Gasteiger partial charge in [0.1, 0.15) is 0 Å². The Kier molecular flexibility index (Phi) is 3.48. The molecule has 0 atom stereocenters.